The molecule has 100 valence electrons. The molecule has 0 aliphatic heterocycles. The number of amides is 1. The highest BCUT2D eigenvalue weighted by Gasteiger charge is 2.22. The van der Waals surface area contributed by atoms with Crippen LogP contribution in [0.2, 0.25) is 0 Å². The Morgan fingerprint density at radius 2 is 1.94 bits per heavy atom. The number of carbonyl (C=O) groups is 2. The average Bonchev–Trinajstić information content (AvgIpc) is 2.14. The lowest BCUT2D eigenvalue weighted by molar-refractivity contribution is -0.146. The second kappa shape index (κ2) is 7.87. The first kappa shape index (κ1) is 16.6. The molecular weight excluding hydrogens is 258 g/mol. The first-order valence-electron chi connectivity index (χ1n) is 5.50. The first-order chi connectivity index (χ1) is 7.76. The molecule has 0 spiro atoms. The number of carbonyl (C=O) groups excluding carboxylic acids is 2. The van der Waals surface area contributed by atoms with Crippen LogP contribution in [0.1, 0.15) is 34.6 Å². The van der Waals surface area contributed by atoms with Crippen LogP contribution in [0.3, 0.4) is 0 Å². The highest BCUT2D eigenvalue weighted by Crippen LogP contribution is 2.35. The molecule has 0 aromatic rings. The number of hydrogen-bond acceptors (Lipinski definition) is 5. The molecule has 0 heterocycles. The van der Waals surface area contributed by atoms with Crippen LogP contribution in [0.5, 0.6) is 0 Å². The quantitative estimate of drug-likeness (QED) is 0.597. The summed E-state index contributed by atoms with van der Waals surface area (Å²) < 4.78 is 5.04. The number of rotatable bonds is 6. The lowest BCUT2D eigenvalue weighted by Gasteiger charge is -2.19. The van der Waals surface area contributed by atoms with Crippen LogP contribution in [-0.4, -0.2) is 35.0 Å². The van der Waals surface area contributed by atoms with Gasteiger partial charge in [-0.05, 0) is 6.92 Å². The van der Waals surface area contributed by atoms with Gasteiger partial charge in [-0.3, -0.25) is 4.79 Å². The molecular formula is C11H21NO3S2. The third-order valence-corrected chi connectivity index (χ3v) is 4.84. The van der Waals surface area contributed by atoms with E-state index < -0.39 is 6.04 Å². The highest BCUT2D eigenvalue weighted by molar-refractivity contribution is 8.77. The van der Waals surface area contributed by atoms with Crippen LogP contribution < -0.4 is 5.32 Å². The minimum absolute atomic E-state index is 0.125. The Balaban J connectivity index is 4.20. The van der Waals surface area contributed by atoms with E-state index in [0.717, 1.165) is 0 Å². The zero-order chi connectivity index (χ0) is 13.5. The molecule has 0 aliphatic rings. The summed E-state index contributed by atoms with van der Waals surface area (Å²) in [4.78, 5) is 22.6. The van der Waals surface area contributed by atoms with Crippen molar-refractivity contribution in [3.8, 4) is 0 Å². The Morgan fingerprint density at radius 1 is 1.35 bits per heavy atom. The molecule has 4 nitrogen and oxygen atoms in total. The van der Waals surface area contributed by atoms with Crippen molar-refractivity contribution in [3.63, 3.8) is 0 Å². The largest absolute Gasteiger partial charge is 0.464 e. The molecule has 0 bridgehead atoms. The SMILES string of the molecule is CCOC(=O)C(CSSC(C)(C)C)NC(C)=O. The van der Waals surface area contributed by atoms with Gasteiger partial charge in [0.25, 0.3) is 0 Å². The van der Waals surface area contributed by atoms with Gasteiger partial charge in [-0.1, -0.05) is 42.4 Å². The first-order valence-corrected chi connectivity index (χ1v) is 7.82. The van der Waals surface area contributed by atoms with Gasteiger partial charge in [0, 0.05) is 17.4 Å². The fourth-order valence-corrected chi connectivity index (χ4v) is 3.39. The normalized spacial score (nSPS) is 13.0. The van der Waals surface area contributed by atoms with Crippen molar-refractivity contribution in [2.45, 2.75) is 45.4 Å². The summed E-state index contributed by atoms with van der Waals surface area (Å²) in [5.74, 6) is -0.0745. The van der Waals surface area contributed by atoms with Gasteiger partial charge in [-0.15, -0.1) is 0 Å². The van der Waals surface area contributed by atoms with E-state index in [-0.39, 0.29) is 16.6 Å². The third-order valence-electron chi connectivity index (χ3n) is 1.49. The van der Waals surface area contributed by atoms with Gasteiger partial charge in [-0.2, -0.15) is 0 Å². The zero-order valence-electron chi connectivity index (χ0n) is 11.0. The van der Waals surface area contributed by atoms with Gasteiger partial charge in [-0.25, -0.2) is 4.79 Å². The van der Waals surface area contributed by atoms with Crippen LogP contribution in [0.4, 0.5) is 0 Å². The zero-order valence-corrected chi connectivity index (χ0v) is 12.7. The molecule has 0 fully saturated rings. The van der Waals surface area contributed by atoms with Crippen LogP contribution in [-0.2, 0) is 14.3 Å². The third kappa shape index (κ3) is 9.35. The highest BCUT2D eigenvalue weighted by atomic mass is 33.1. The topological polar surface area (TPSA) is 55.4 Å². The Morgan fingerprint density at radius 3 is 2.35 bits per heavy atom. The Hall–Kier alpha value is -0.360. The summed E-state index contributed by atoms with van der Waals surface area (Å²) in [6.07, 6.45) is 0. The molecule has 1 amide bonds. The molecule has 0 aliphatic carbocycles. The number of hydrogen-bond donors (Lipinski definition) is 1. The lowest BCUT2D eigenvalue weighted by atomic mass is 10.3. The van der Waals surface area contributed by atoms with Crippen molar-refractivity contribution in [2.24, 2.45) is 0 Å². The predicted octanol–water partition coefficient (Wildman–Crippen LogP) is 2.23. The average molecular weight is 279 g/mol. The second-order valence-corrected chi connectivity index (χ2v) is 7.65. The van der Waals surface area contributed by atoms with E-state index in [9.17, 15) is 9.59 Å². The molecule has 6 heteroatoms. The number of ether oxygens (including phenoxy) is 1. The number of nitrogens with one attached hydrogen (secondary N) is 1. The molecule has 1 N–H and O–H groups in total. The number of esters is 1. The van der Waals surface area contributed by atoms with E-state index in [2.05, 4.69) is 26.1 Å². The summed E-state index contributed by atoms with van der Waals surface area (Å²) in [7, 11) is 3.25. The van der Waals surface area contributed by atoms with Gasteiger partial charge in [0.15, 0.2) is 0 Å². The molecule has 0 aromatic heterocycles. The minimum atomic E-state index is -0.563. The molecule has 0 saturated carbocycles. The fourth-order valence-electron chi connectivity index (χ4n) is 0.936. The van der Waals surface area contributed by atoms with Crippen LogP contribution in [0.15, 0.2) is 0 Å². The molecule has 17 heavy (non-hydrogen) atoms. The summed E-state index contributed by atoms with van der Waals surface area (Å²) in [5.41, 5.74) is 0. The van der Waals surface area contributed by atoms with Gasteiger partial charge in [0.2, 0.25) is 5.91 Å². The van der Waals surface area contributed by atoms with Crippen LogP contribution >= 0.6 is 21.6 Å². The molecule has 0 saturated heterocycles. The Kier molecular flexibility index (Phi) is 7.70. The van der Waals surface area contributed by atoms with E-state index >= 15 is 0 Å². The summed E-state index contributed by atoms with van der Waals surface area (Å²) >= 11 is 0. The van der Waals surface area contributed by atoms with Crippen molar-refractivity contribution >= 4 is 33.5 Å². The Labute approximate surface area is 111 Å². The van der Waals surface area contributed by atoms with Crippen molar-refractivity contribution < 1.29 is 14.3 Å². The van der Waals surface area contributed by atoms with Gasteiger partial charge in [0.1, 0.15) is 6.04 Å². The van der Waals surface area contributed by atoms with Crippen LogP contribution in [0.25, 0.3) is 0 Å². The fraction of sp³-hybridized carbons (Fsp3) is 0.818. The van der Waals surface area contributed by atoms with Crippen molar-refractivity contribution in [3.05, 3.63) is 0 Å². The Bertz CT molecular complexity index is 264. The maximum Gasteiger partial charge on any atom is 0.329 e. The van der Waals surface area contributed by atoms with E-state index in [1.807, 2.05) is 0 Å². The molecule has 1 atom stereocenters. The summed E-state index contributed by atoms with van der Waals surface area (Å²) in [5, 5.41) is 2.60. The maximum absolute atomic E-state index is 11.6. The summed E-state index contributed by atoms with van der Waals surface area (Å²) in [6.45, 7) is 9.77. The van der Waals surface area contributed by atoms with E-state index in [4.69, 9.17) is 4.74 Å². The molecule has 0 radical (unpaired) electrons. The van der Waals surface area contributed by atoms with E-state index in [0.29, 0.717) is 12.4 Å². The van der Waals surface area contributed by atoms with Crippen molar-refractivity contribution in [2.75, 3.05) is 12.4 Å². The van der Waals surface area contributed by atoms with Crippen molar-refractivity contribution in [1.82, 2.24) is 5.32 Å². The van der Waals surface area contributed by atoms with Crippen molar-refractivity contribution in [1.29, 1.82) is 0 Å². The van der Waals surface area contributed by atoms with Gasteiger partial charge < -0.3 is 10.1 Å². The maximum atomic E-state index is 11.6. The monoisotopic (exact) mass is 279 g/mol. The van der Waals surface area contributed by atoms with Gasteiger partial charge >= 0.3 is 5.97 Å². The minimum Gasteiger partial charge on any atom is -0.464 e. The predicted molar refractivity (Wildman–Crippen MR) is 74.0 cm³/mol. The van der Waals surface area contributed by atoms with E-state index in [1.54, 1.807) is 28.5 Å². The van der Waals surface area contributed by atoms with E-state index in [1.165, 1.54) is 6.92 Å². The molecule has 0 rings (SSSR count). The molecule has 0 aromatic carbocycles. The molecule has 1 unspecified atom stereocenters. The lowest BCUT2D eigenvalue weighted by Crippen LogP contribution is -2.42. The smallest absolute Gasteiger partial charge is 0.329 e. The summed E-state index contributed by atoms with van der Waals surface area (Å²) in [6, 6.07) is -0.563. The second-order valence-electron chi connectivity index (χ2n) is 4.49. The van der Waals surface area contributed by atoms with Crippen LogP contribution in [0, 0.1) is 0 Å². The standard InChI is InChI=1S/C11H21NO3S2/c1-6-15-10(14)9(12-8(2)13)7-16-17-11(3,4)5/h9H,6-7H2,1-5H3,(H,12,13). The van der Waals surface area contributed by atoms with Gasteiger partial charge in [0.05, 0.1) is 6.61 Å².